The van der Waals surface area contributed by atoms with Crippen molar-refractivity contribution in [1.29, 1.82) is 0 Å². The first-order valence-corrected chi connectivity index (χ1v) is 6.58. The number of benzene rings is 1. The molecule has 2 N–H and O–H groups in total. The molecule has 0 bridgehead atoms. The van der Waals surface area contributed by atoms with Crippen molar-refractivity contribution in [3.63, 3.8) is 0 Å². The van der Waals surface area contributed by atoms with Crippen molar-refractivity contribution in [1.82, 2.24) is 4.90 Å². The number of urea groups is 1. The molecule has 19 heavy (non-hydrogen) atoms. The van der Waals surface area contributed by atoms with E-state index in [1.807, 2.05) is 6.92 Å². The summed E-state index contributed by atoms with van der Waals surface area (Å²) in [5, 5.41) is 11.8. The fraction of sp³-hybridized carbons (Fsp3) is 0.462. The average molecular weight is 289 g/mol. The summed E-state index contributed by atoms with van der Waals surface area (Å²) in [6.07, 6.45) is 1.78. The van der Waals surface area contributed by atoms with E-state index in [-0.39, 0.29) is 23.9 Å². The van der Waals surface area contributed by atoms with Gasteiger partial charge in [-0.3, -0.25) is 0 Å². The molecule has 1 aromatic rings. The molecule has 106 valence electrons. The summed E-state index contributed by atoms with van der Waals surface area (Å²) >= 11 is 5.88. The van der Waals surface area contributed by atoms with Crippen LogP contribution in [0.5, 0.6) is 0 Å². The highest BCUT2D eigenvalue weighted by Gasteiger charge is 2.14. The third-order valence-electron chi connectivity index (χ3n) is 2.61. The lowest BCUT2D eigenvalue weighted by Crippen LogP contribution is -2.37. The topological polar surface area (TPSA) is 52.6 Å². The number of rotatable bonds is 6. The summed E-state index contributed by atoms with van der Waals surface area (Å²) in [7, 11) is 0. The highest BCUT2D eigenvalue weighted by molar-refractivity contribution is 6.33. The van der Waals surface area contributed by atoms with Gasteiger partial charge in [-0.05, 0) is 24.6 Å². The molecule has 2 amide bonds. The molecule has 0 saturated heterocycles. The van der Waals surface area contributed by atoms with Crippen LogP contribution in [0.3, 0.4) is 0 Å². The molecular formula is C13H18ClFN2O2. The van der Waals surface area contributed by atoms with Crippen LogP contribution in [0.15, 0.2) is 18.2 Å². The van der Waals surface area contributed by atoms with Crippen LogP contribution in [0.1, 0.15) is 19.8 Å². The van der Waals surface area contributed by atoms with Crippen molar-refractivity contribution >= 4 is 23.3 Å². The third kappa shape index (κ3) is 5.04. The van der Waals surface area contributed by atoms with Crippen molar-refractivity contribution in [3.8, 4) is 0 Å². The highest BCUT2D eigenvalue weighted by atomic mass is 35.5. The first-order chi connectivity index (χ1) is 9.08. The van der Waals surface area contributed by atoms with Crippen LogP contribution in [0.4, 0.5) is 14.9 Å². The number of aliphatic hydroxyl groups excluding tert-OH is 1. The normalized spacial score (nSPS) is 10.3. The molecule has 0 aliphatic carbocycles. The number of hydrogen-bond donors (Lipinski definition) is 2. The minimum absolute atomic E-state index is 0.117. The van der Waals surface area contributed by atoms with E-state index in [2.05, 4.69) is 5.32 Å². The molecule has 0 heterocycles. The Morgan fingerprint density at radius 2 is 2.21 bits per heavy atom. The van der Waals surface area contributed by atoms with Gasteiger partial charge in [0.05, 0.1) is 17.3 Å². The molecule has 0 aliphatic rings. The average Bonchev–Trinajstić information content (AvgIpc) is 2.38. The summed E-state index contributed by atoms with van der Waals surface area (Å²) < 4.78 is 13.1. The zero-order chi connectivity index (χ0) is 14.3. The van der Waals surface area contributed by atoms with E-state index in [4.69, 9.17) is 16.7 Å². The molecule has 0 saturated carbocycles. The first-order valence-electron chi connectivity index (χ1n) is 6.20. The van der Waals surface area contributed by atoms with Crippen molar-refractivity contribution in [2.45, 2.75) is 19.8 Å². The smallest absolute Gasteiger partial charge is 0.321 e. The summed E-state index contributed by atoms with van der Waals surface area (Å²) in [5.41, 5.74) is 0.228. The van der Waals surface area contributed by atoms with Crippen LogP contribution >= 0.6 is 11.6 Å². The van der Waals surface area contributed by atoms with Crippen LogP contribution in [0.2, 0.25) is 5.02 Å². The zero-order valence-electron chi connectivity index (χ0n) is 10.8. The lowest BCUT2D eigenvalue weighted by molar-refractivity contribution is 0.187. The molecule has 0 spiro atoms. The lowest BCUT2D eigenvalue weighted by atomic mass is 10.3. The number of aliphatic hydroxyl groups is 1. The Balaban J connectivity index is 2.71. The number of carbonyl (C=O) groups is 1. The largest absolute Gasteiger partial charge is 0.395 e. The van der Waals surface area contributed by atoms with Gasteiger partial charge in [0.1, 0.15) is 5.82 Å². The van der Waals surface area contributed by atoms with E-state index in [9.17, 15) is 9.18 Å². The summed E-state index contributed by atoms with van der Waals surface area (Å²) in [6.45, 7) is 2.67. The SMILES string of the molecule is CCCCN(CCO)C(=O)Nc1cc(F)ccc1Cl. The molecule has 0 unspecified atom stereocenters. The zero-order valence-corrected chi connectivity index (χ0v) is 11.6. The number of nitrogens with one attached hydrogen (secondary N) is 1. The van der Waals surface area contributed by atoms with Crippen LogP contribution in [-0.4, -0.2) is 35.7 Å². The van der Waals surface area contributed by atoms with Crippen LogP contribution < -0.4 is 5.32 Å². The van der Waals surface area contributed by atoms with Crippen molar-refractivity contribution in [3.05, 3.63) is 29.0 Å². The second-order valence-corrected chi connectivity index (χ2v) is 4.53. The second kappa shape index (κ2) is 7.96. The Labute approximate surface area is 117 Å². The lowest BCUT2D eigenvalue weighted by Gasteiger charge is -2.22. The molecule has 4 nitrogen and oxygen atoms in total. The van der Waals surface area contributed by atoms with Gasteiger partial charge < -0.3 is 15.3 Å². The Kier molecular flexibility index (Phi) is 6.59. The van der Waals surface area contributed by atoms with Gasteiger partial charge in [-0.1, -0.05) is 24.9 Å². The number of nitrogens with zero attached hydrogens (tertiary/aromatic N) is 1. The molecule has 1 aromatic carbocycles. The van der Waals surface area contributed by atoms with E-state index in [1.54, 1.807) is 0 Å². The molecule has 0 aromatic heterocycles. The van der Waals surface area contributed by atoms with E-state index >= 15 is 0 Å². The first kappa shape index (κ1) is 15.7. The summed E-state index contributed by atoms with van der Waals surface area (Å²) in [6, 6.07) is 3.38. The summed E-state index contributed by atoms with van der Waals surface area (Å²) in [5.74, 6) is -0.470. The number of unbranched alkanes of at least 4 members (excludes halogenated alkanes) is 1. The Morgan fingerprint density at radius 3 is 2.84 bits per heavy atom. The molecule has 0 radical (unpaired) electrons. The van der Waals surface area contributed by atoms with Crippen LogP contribution in [0, 0.1) is 5.82 Å². The Hall–Kier alpha value is -1.33. The van der Waals surface area contributed by atoms with Gasteiger partial charge in [0.25, 0.3) is 0 Å². The number of amides is 2. The van der Waals surface area contributed by atoms with Crippen molar-refractivity contribution < 1.29 is 14.3 Å². The standard InChI is InChI=1S/C13H18ClFN2O2/c1-2-3-6-17(7-8-18)13(19)16-12-9-10(15)4-5-11(12)14/h4-5,9,18H,2-3,6-8H2,1H3,(H,16,19). The fourth-order valence-corrected chi connectivity index (χ4v) is 1.74. The van der Waals surface area contributed by atoms with E-state index in [1.165, 1.54) is 17.0 Å². The van der Waals surface area contributed by atoms with Gasteiger partial charge in [0.2, 0.25) is 0 Å². The maximum atomic E-state index is 13.1. The molecule has 1 rings (SSSR count). The van der Waals surface area contributed by atoms with Gasteiger partial charge in [-0.2, -0.15) is 0 Å². The van der Waals surface area contributed by atoms with E-state index in [0.29, 0.717) is 6.54 Å². The Bertz CT molecular complexity index is 429. The minimum atomic E-state index is -0.470. The Morgan fingerprint density at radius 1 is 1.47 bits per heavy atom. The number of carbonyl (C=O) groups excluding carboxylic acids is 1. The predicted octanol–water partition coefficient (Wildman–Crippen LogP) is 3.11. The third-order valence-corrected chi connectivity index (χ3v) is 2.94. The van der Waals surface area contributed by atoms with Gasteiger partial charge in [0, 0.05) is 13.1 Å². The number of anilines is 1. The predicted molar refractivity (Wildman–Crippen MR) is 74.0 cm³/mol. The molecule has 0 atom stereocenters. The molecule has 0 fully saturated rings. The van der Waals surface area contributed by atoms with Gasteiger partial charge in [0.15, 0.2) is 0 Å². The minimum Gasteiger partial charge on any atom is -0.395 e. The maximum Gasteiger partial charge on any atom is 0.321 e. The van der Waals surface area contributed by atoms with Crippen LogP contribution in [0.25, 0.3) is 0 Å². The number of halogens is 2. The van der Waals surface area contributed by atoms with Crippen LogP contribution in [-0.2, 0) is 0 Å². The van der Waals surface area contributed by atoms with Gasteiger partial charge in [-0.15, -0.1) is 0 Å². The van der Waals surface area contributed by atoms with E-state index < -0.39 is 11.8 Å². The second-order valence-electron chi connectivity index (χ2n) is 4.12. The highest BCUT2D eigenvalue weighted by Crippen LogP contribution is 2.22. The quantitative estimate of drug-likeness (QED) is 0.845. The summed E-state index contributed by atoms with van der Waals surface area (Å²) in [4.78, 5) is 13.5. The van der Waals surface area contributed by atoms with Crippen molar-refractivity contribution in [2.24, 2.45) is 0 Å². The fourth-order valence-electron chi connectivity index (χ4n) is 1.57. The maximum absolute atomic E-state index is 13.1. The van der Waals surface area contributed by atoms with Gasteiger partial charge >= 0.3 is 6.03 Å². The molecule has 0 aliphatic heterocycles. The molecule has 6 heteroatoms. The number of hydrogen-bond acceptors (Lipinski definition) is 2. The van der Waals surface area contributed by atoms with Crippen molar-refractivity contribution in [2.75, 3.05) is 25.0 Å². The van der Waals surface area contributed by atoms with Gasteiger partial charge in [-0.25, -0.2) is 9.18 Å². The molecular weight excluding hydrogens is 271 g/mol. The van der Waals surface area contributed by atoms with E-state index in [0.717, 1.165) is 18.9 Å². The monoisotopic (exact) mass is 288 g/mol.